The molecule has 1 saturated carbocycles. The molecule has 1 aliphatic carbocycles. The highest BCUT2D eigenvalue weighted by Gasteiger charge is 2.35. The lowest BCUT2D eigenvalue weighted by Crippen LogP contribution is -2.39. The maximum absolute atomic E-state index is 12.5. The first-order valence-electron chi connectivity index (χ1n) is 8.70. The highest BCUT2D eigenvalue weighted by molar-refractivity contribution is 5.89. The molecule has 1 aromatic heterocycles. The van der Waals surface area contributed by atoms with E-state index >= 15 is 0 Å². The lowest BCUT2D eigenvalue weighted by Gasteiger charge is -2.19. The van der Waals surface area contributed by atoms with Crippen molar-refractivity contribution in [2.45, 2.75) is 57.5 Å². The highest BCUT2D eigenvalue weighted by atomic mass is 16.2. The summed E-state index contributed by atoms with van der Waals surface area (Å²) in [5.74, 6) is -0.111. The van der Waals surface area contributed by atoms with Crippen LogP contribution in [0.15, 0.2) is 24.4 Å². The van der Waals surface area contributed by atoms with E-state index in [1.165, 1.54) is 25.7 Å². The Morgan fingerprint density at radius 3 is 2.70 bits per heavy atom. The van der Waals surface area contributed by atoms with Gasteiger partial charge in [-0.1, -0.05) is 31.7 Å². The number of nitrogens with one attached hydrogen (secondary N) is 1. The molecular weight excluding hydrogens is 290 g/mol. The van der Waals surface area contributed by atoms with Gasteiger partial charge in [0.15, 0.2) is 0 Å². The van der Waals surface area contributed by atoms with Crippen molar-refractivity contribution >= 4 is 11.8 Å². The van der Waals surface area contributed by atoms with E-state index in [4.69, 9.17) is 0 Å². The molecule has 23 heavy (non-hydrogen) atoms. The molecule has 1 saturated heterocycles. The van der Waals surface area contributed by atoms with Crippen molar-refractivity contribution in [1.82, 2.24) is 15.2 Å². The second-order valence-corrected chi connectivity index (χ2v) is 6.69. The Kier molecular flexibility index (Phi) is 5.26. The zero-order valence-electron chi connectivity index (χ0n) is 13.5. The molecule has 124 valence electrons. The van der Waals surface area contributed by atoms with Gasteiger partial charge in [-0.25, -0.2) is 0 Å². The molecule has 5 nitrogen and oxygen atoms in total. The fourth-order valence-corrected chi connectivity index (χ4v) is 3.53. The third-order valence-corrected chi connectivity index (χ3v) is 4.87. The SMILES string of the molecule is O=C(NC1CCCCCC1)[C@H]1CC(=O)N(Cc2ccccn2)C1. The Morgan fingerprint density at radius 1 is 1.22 bits per heavy atom. The van der Waals surface area contributed by atoms with Gasteiger partial charge >= 0.3 is 0 Å². The first kappa shape index (κ1) is 16.0. The average Bonchev–Trinajstić information content (AvgIpc) is 2.75. The van der Waals surface area contributed by atoms with E-state index in [1.807, 2.05) is 18.2 Å². The summed E-state index contributed by atoms with van der Waals surface area (Å²) in [5.41, 5.74) is 0.866. The van der Waals surface area contributed by atoms with Gasteiger partial charge in [0.1, 0.15) is 0 Å². The van der Waals surface area contributed by atoms with Crippen LogP contribution in [0.3, 0.4) is 0 Å². The summed E-state index contributed by atoms with van der Waals surface area (Å²) in [6.07, 6.45) is 9.13. The lowest BCUT2D eigenvalue weighted by molar-refractivity contribution is -0.129. The van der Waals surface area contributed by atoms with E-state index in [0.717, 1.165) is 18.5 Å². The van der Waals surface area contributed by atoms with Gasteiger partial charge in [-0.3, -0.25) is 14.6 Å². The minimum absolute atomic E-state index is 0.0498. The number of aromatic nitrogens is 1. The van der Waals surface area contributed by atoms with Crippen molar-refractivity contribution in [1.29, 1.82) is 0 Å². The Morgan fingerprint density at radius 2 is 2.00 bits per heavy atom. The molecular formula is C18H25N3O2. The van der Waals surface area contributed by atoms with Crippen LogP contribution in [-0.4, -0.2) is 34.3 Å². The topological polar surface area (TPSA) is 62.3 Å². The molecule has 0 bridgehead atoms. The molecule has 2 aliphatic rings. The molecule has 0 spiro atoms. The predicted octanol–water partition coefficient (Wildman–Crippen LogP) is 2.27. The Bertz CT molecular complexity index is 538. The fourth-order valence-electron chi connectivity index (χ4n) is 3.53. The molecule has 2 heterocycles. The van der Waals surface area contributed by atoms with E-state index in [-0.39, 0.29) is 17.7 Å². The third-order valence-electron chi connectivity index (χ3n) is 4.87. The van der Waals surface area contributed by atoms with E-state index in [0.29, 0.717) is 25.6 Å². The number of likely N-dealkylation sites (tertiary alicyclic amines) is 1. The van der Waals surface area contributed by atoms with Crippen LogP contribution in [0.4, 0.5) is 0 Å². The maximum atomic E-state index is 12.5. The van der Waals surface area contributed by atoms with Crippen molar-refractivity contribution in [3.8, 4) is 0 Å². The van der Waals surface area contributed by atoms with E-state index in [1.54, 1.807) is 11.1 Å². The smallest absolute Gasteiger partial charge is 0.225 e. The van der Waals surface area contributed by atoms with Crippen LogP contribution < -0.4 is 5.32 Å². The number of nitrogens with zero attached hydrogens (tertiary/aromatic N) is 2. The van der Waals surface area contributed by atoms with E-state index < -0.39 is 0 Å². The van der Waals surface area contributed by atoms with Gasteiger partial charge in [0.05, 0.1) is 18.2 Å². The number of carbonyl (C=O) groups is 2. The number of hydrogen-bond donors (Lipinski definition) is 1. The Labute approximate surface area is 137 Å². The molecule has 0 unspecified atom stereocenters. The second-order valence-electron chi connectivity index (χ2n) is 6.69. The molecule has 1 aliphatic heterocycles. The summed E-state index contributed by atoms with van der Waals surface area (Å²) in [6, 6.07) is 5.98. The predicted molar refractivity (Wildman–Crippen MR) is 87.4 cm³/mol. The van der Waals surface area contributed by atoms with Gasteiger partial charge in [-0.2, -0.15) is 0 Å². The average molecular weight is 315 g/mol. The van der Waals surface area contributed by atoms with Crippen LogP contribution in [0, 0.1) is 5.92 Å². The molecule has 1 aromatic rings. The Hall–Kier alpha value is -1.91. The lowest BCUT2D eigenvalue weighted by atomic mass is 10.0. The molecule has 2 amide bonds. The number of hydrogen-bond acceptors (Lipinski definition) is 3. The largest absolute Gasteiger partial charge is 0.353 e. The van der Waals surface area contributed by atoms with Crippen LogP contribution in [-0.2, 0) is 16.1 Å². The quantitative estimate of drug-likeness (QED) is 0.867. The van der Waals surface area contributed by atoms with Crippen LogP contribution in [0.5, 0.6) is 0 Å². The first-order chi connectivity index (χ1) is 11.2. The van der Waals surface area contributed by atoms with Crippen molar-refractivity contribution < 1.29 is 9.59 Å². The van der Waals surface area contributed by atoms with Crippen molar-refractivity contribution in [3.63, 3.8) is 0 Å². The van der Waals surface area contributed by atoms with Crippen LogP contribution >= 0.6 is 0 Å². The van der Waals surface area contributed by atoms with Gasteiger partial charge in [-0.15, -0.1) is 0 Å². The Balaban J connectivity index is 1.53. The van der Waals surface area contributed by atoms with E-state index in [2.05, 4.69) is 10.3 Å². The maximum Gasteiger partial charge on any atom is 0.225 e. The second kappa shape index (κ2) is 7.57. The van der Waals surface area contributed by atoms with E-state index in [9.17, 15) is 9.59 Å². The van der Waals surface area contributed by atoms with Crippen LogP contribution in [0.1, 0.15) is 50.6 Å². The number of rotatable bonds is 4. The molecule has 2 fully saturated rings. The number of pyridine rings is 1. The summed E-state index contributed by atoms with van der Waals surface area (Å²) >= 11 is 0. The zero-order valence-corrected chi connectivity index (χ0v) is 13.5. The molecule has 1 N–H and O–H groups in total. The summed E-state index contributed by atoms with van der Waals surface area (Å²) in [7, 11) is 0. The monoisotopic (exact) mass is 315 g/mol. The van der Waals surface area contributed by atoms with Crippen molar-refractivity contribution in [2.75, 3.05) is 6.54 Å². The van der Waals surface area contributed by atoms with Crippen LogP contribution in [0.25, 0.3) is 0 Å². The third kappa shape index (κ3) is 4.30. The molecule has 1 atom stereocenters. The zero-order chi connectivity index (χ0) is 16.1. The van der Waals surface area contributed by atoms with Gasteiger partial charge in [0.2, 0.25) is 11.8 Å². The minimum Gasteiger partial charge on any atom is -0.353 e. The summed E-state index contributed by atoms with van der Waals surface area (Å²) in [6.45, 7) is 1.00. The van der Waals surface area contributed by atoms with Crippen LogP contribution in [0.2, 0.25) is 0 Å². The summed E-state index contributed by atoms with van der Waals surface area (Å²) in [5, 5.41) is 3.17. The van der Waals surface area contributed by atoms with Crippen molar-refractivity contribution in [2.24, 2.45) is 5.92 Å². The fraction of sp³-hybridized carbons (Fsp3) is 0.611. The standard InChI is InChI=1S/C18H25N3O2/c22-17-11-14(12-21(17)13-16-9-5-6-10-19-16)18(23)20-15-7-3-1-2-4-8-15/h5-6,9-10,14-15H,1-4,7-8,11-13H2,(H,20,23)/t14-/m0/s1. The minimum atomic E-state index is -0.213. The molecule has 3 rings (SSSR count). The normalized spacial score (nSPS) is 22.9. The van der Waals surface area contributed by atoms with Gasteiger partial charge < -0.3 is 10.2 Å². The highest BCUT2D eigenvalue weighted by Crippen LogP contribution is 2.22. The molecule has 0 aromatic carbocycles. The molecule has 5 heteroatoms. The number of amides is 2. The summed E-state index contributed by atoms with van der Waals surface area (Å²) in [4.78, 5) is 30.6. The first-order valence-corrected chi connectivity index (χ1v) is 8.70. The molecule has 0 radical (unpaired) electrons. The summed E-state index contributed by atoms with van der Waals surface area (Å²) < 4.78 is 0. The number of carbonyl (C=O) groups excluding carboxylic acids is 2. The van der Waals surface area contributed by atoms with Crippen molar-refractivity contribution in [3.05, 3.63) is 30.1 Å². The van der Waals surface area contributed by atoms with Gasteiger partial charge in [0, 0.05) is 25.2 Å². The van der Waals surface area contributed by atoms with Gasteiger partial charge in [0.25, 0.3) is 0 Å². The van der Waals surface area contributed by atoms with Gasteiger partial charge in [-0.05, 0) is 25.0 Å².